The van der Waals surface area contributed by atoms with Crippen LogP contribution < -0.4 is 11.2 Å². The second-order valence-corrected chi connectivity index (χ2v) is 4.61. The van der Waals surface area contributed by atoms with Crippen molar-refractivity contribution < 1.29 is 0 Å². The Balaban J connectivity index is 2.67. The molecule has 0 aliphatic heterocycles. The van der Waals surface area contributed by atoms with Crippen LogP contribution in [0.25, 0.3) is 0 Å². The van der Waals surface area contributed by atoms with Crippen molar-refractivity contribution in [2.24, 2.45) is 7.05 Å². The first-order chi connectivity index (χ1) is 8.97. The van der Waals surface area contributed by atoms with Crippen LogP contribution in [0.4, 0.5) is 0 Å². The van der Waals surface area contributed by atoms with Gasteiger partial charge in [0.15, 0.2) is 5.82 Å². The number of hydrogen-bond acceptors (Lipinski definition) is 4. The quantitative estimate of drug-likeness (QED) is 0.831. The Hall–Kier alpha value is -1.89. The molecular weight excluding hydrogens is 270 g/mol. The minimum Gasteiger partial charge on any atom is -0.319 e. The molecule has 0 aliphatic rings. The van der Waals surface area contributed by atoms with Gasteiger partial charge in [-0.15, -0.1) is 10.2 Å². The van der Waals surface area contributed by atoms with Crippen LogP contribution >= 0.6 is 11.6 Å². The van der Waals surface area contributed by atoms with E-state index in [0.717, 1.165) is 4.57 Å². The summed E-state index contributed by atoms with van der Waals surface area (Å²) >= 11 is 5.87. The maximum Gasteiger partial charge on any atom is 0.330 e. The number of aromatic amines is 1. The van der Waals surface area contributed by atoms with Gasteiger partial charge in [-0.1, -0.05) is 18.5 Å². The van der Waals surface area contributed by atoms with Crippen LogP contribution in [0.1, 0.15) is 31.3 Å². The summed E-state index contributed by atoms with van der Waals surface area (Å²) in [6, 6.07) is -0.522. The van der Waals surface area contributed by atoms with Crippen LogP contribution in [-0.4, -0.2) is 24.3 Å². The van der Waals surface area contributed by atoms with Gasteiger partial charge in [-0.2, -0.15) is 0 Å². The number of hydrogen-bond donors (Lipinski definition) is 1. The minimum atomic E-state index is -0.553. The molecule has 102 valence electrons. The number of nitrogens with zero attached hydrogens (tertiary/aromatic N) is 4. The molecule has 0 radical (unpaired) electrons. The Bertz CT molecular complexity index is 715. The van der Waals surface area contributed by atoms with Crippen LogP contribution in [0.5, 0.6) is 0 Å². The smallest absolute Gasteiger partial charge is 0.319 e. The predicted octanol–water partition coefficient (Wildman–Crippen LogP) is 0.490. The van der Waals surface area contributed by atoms with Gasteiger partial charge in [0.25, 0.3) is 5.56 Å². The summed E-state index contributed by atoms with van der Waals surface area (Å²) in [5, 5.41) is 7.76. The van der Waals surface area contributed by atoms with Crippen LogP contribution in [-0.2, 0) is 13.5 Å². The third-order valence-electron chi connectivity index (χ3n) is 3.04. The molecule has 0 aromatic carbocycles. The molecule has 0 bridgehead atoms. The summed E-state index contributed by atoms with van der Waals surface area (Å²) in [5.74, 6) is 0.525. The number of halogens is 1. The molecule has 0 saturated carbocycles. The summed E-state index contributed by atoms with van der Waals surface area (Å²) in [6.45, 7) is 3.52. The third kappa shape index (κ3) is 2.21. The number of H-pyrrole nitrogens is 1. The van der Waals surface area contributed by atoms with E-state index in [-0.39, 0.29) is 5.15 Å². The zero-order valence-electron chi connectivity index (χ0n) is 10.8. The van der Waals surface area contributed by atoms with Crippen LogP contribution in [0.3, 0.4) is 0 Å². The van der Waals surface area contributed by atoms with Gasteiger partial charge in [-0.25, -0.2) is 9.36 Å². The van der Waals surface area contributed by atoms with Gasteiger partial charge in [0, 0.05) is 7.05 Å². The maximum atomic E-state index is 12.3. The van der Waals surface area contributed by atoms with Gasteiger partial charge in [0.1, 0.15) is 11.5 Å². The predicted molar refractivity (Wildman–Crippen MR) is 70.5 cm³/mol. The van der Waals surface area contributed by atoms with E-state index in [1.807, 2.05) is 0 Å². The average molecular weight is 284 g/mol. The van der Waals surface area contributed by atoms with E-state index in [2.05, 4.69) is 15.2 Å². The van der Waals surface area contributed by atoms with E-state index < -0.39 is 17.3 Å². The monoisotopic (exact) mass is 283 g/mol. The fraction of sp³-hybridized carbons (Fsp3) is 0.455. The fourth-order valence-corrected chi connectivity index (χ4v) is 2.30. The highest BCUT2D eigenvalue weighted by molar-refractivity contribution is 6.30. The lowest BCUT2D eigenvalue weighted by atomic mass is 10.2. The molecule has 1 atom stereocenters. The standard InChI is InChI=1S/C11H14ClN5O2/c1-4-7-8(12)14-11(19)17(10(7)18)6(2)9-15-13-5-16(9)3/h5-6H,4H2,1-3H3,(H,14,19). The van der Waals surface area contributed by atoms with Crippen LogP contribution in [0.2, 0.25) is 5.15 Å². The summed E-state index contributed by atoms with van der Waals surface area (Å²) in [7, 11) is 1.75. The molecule has 1 N–H and O–H groups in total. The number of rotatable bonds is 3. The molecule has 2 heterocycles. The van der Waals surface area contributed by atoms with E-state index in [0.29, 0.717) is 17.8 Å². The highest BCUT2D eigenvalue weighted by atomic mass is 35.5. The molecule has 0 fully saturated rings. The van der Waals surface area contributed by atoms with Crippen molar-refractivity contribution in [3.05, 3.63) is 43.7 Å². The molecule has 0 saturated heterocycles. The Morgan fingerprint density at radius 1 is 1.47 bits per heavy atom. The third-order valence-corrected chi connectivity index (χ3v) is 3.36. The number of nitrogens with one attached hydrogen (secondary N) is 1. The second-order valence-electron chi connectivity index (χ2n) is 4.23. The van der Waals surface area contributed by atoms with Gasteiger partial charge in [0.05, 0.1) is 11.6 Å². The fourth-order valence-electron chi connectivity index (χ4n) is 2.01. The zero-order chi connectivity index (χ0) is 14.2. The van der Waals surface area contributed by atoms with Gasteiger partial charge >= 0.3 is 5.69 Å². The highest BCUT2D eigenvalue weighted by Gasteiger charge is 2.20. The molecule has 2 aromatic rings. The van der Waals surface area contributed by atoms with Crippen molar-refractivity contribution in [1.82, 2.24) is 24.3 Å². The van der Waals surface area contributed by atoms with Gasteiger partial charge in [0.2, 0.25) is 0 Å². The molecule has 0 amide bonds. The molecule has 1 unspecified atom stereocenters. The normalized spacial score (nSPS) is 12.6. The summed E-state index contributed by atoms with van der Waals surface area (Å²) in [4.78, 5) is 26.7. The van der Waals surface area contributed by atoms with E-state index in [4.69, 9.17) is 11.6 Å². The zero-order valence-corrected chi connectivity index (χ0v) is 11.6. The Labute approximate surface area is 113 Å². The van der Waals surface area contributed by atoms with Crippen molar-refractivity contribution >= 4 is 11.6 Å². The van der Waals surface area contributed by atoms with E-state index in [1.54, 1.807) is 25.5 Å². The molecule has 7 nitrogen and oxygen atoms in total. The topological polar surface area (TPSA) is 85.6 Å². The van der Waals surface area contributed by atoms with Crippen molar-refractivity contribution in [1.29, 1.82) is 0 Å². The van der Waals surface area contributed by atoms with E-state index in [1.165, 1.54) is 6.33 Å². The first kappa shape index (κ1) is 13.5. The number of aryl methyl sites for hydroxylation is 1. The van der Waals surface area contributed by atoms with E-state index in [9.17, 15) is 9.59 Å². The van der Waals surface area contributed by atoms with Crippen molar-refractivity contribution in [3.8, 4) is 0 Å². The van der Waals surface area contributed by atoms with Gasteiger partial charge < -0.3 is 4.57 Å². The second kappa shape index (κ2) is 5.00. The molecular formula is C11H14ClN5O2. The summed E-state index contributed by atoms with van der Waals surface area (Å²) < 4.78 is 2.77. The van der Waals surface area contributed by atoms with Crippen LogP contribution in [0.15, 0.2) is 15.9 Å². The first-order valence-electron chi connectivity index (χ1n) is 5.84. The van der Waals surface area contributed by atoms with Crippen molar-refractivity contribution in [2.75, 3.05) is 0 Å². The summed E-state index contributed by atoms with van der Waals surface area (Å²) in [6.07, 6.45) is 1.96. The molecule has 19 heavy (non-hydrogen) atoms. The molecule has 2 aromatic heterocycles. The molecule has 0 spiro atoms. The average Bonchev–Trinajstić information content (AvgIpc) is 2.75. The Morgan fingerprint density at radius 3 is 2.68 bits per heavy atom. The van der Waals surface area contributed by atoms with Gasteiger partial charge in [-0.05, 0) is 13.3 Å². The molecule has 0 aliphatic carbocycles. The Morgan fingerprint density at radius 2 is 2.16 bits per heavy atom. The van der Waals surface area contributed by atoms with Crippen LogP contribution in [0, 0.1) is 0 Å². The lowest BCUT2D eigenvalue weighted by molar-refractivity contribution is 0.526. The minimum absolute atomic E-state index is 0.0962. The lowest BCUT2D eigenvalue weighted by Crippen LogP contribution is -2.40. The lowest BCUT2D eigenvalue weighted by Gasteiger charge is -2.14. The molecule has 2 rings (SSSR count). The van der Waals surface area contributed by atoms with Crippen molar-refractivity contribution in [3.63, 3.8) is 0 Å². The van der Waals surface area contributed by atoms with E-state index >= 15 is 0 Å². The summed E-state index contributed by atoms with van der Waals surface area (Å²) in [5.41, 5.74) is -0.565. The van der Waals surface area contributed by atoms with Gasteiger partial charge in [-0.3, -0.25) is 9.78 Å². The maximum absolute atomic E-state index is 12.3. The Kier molecular flexibility index (Phi) is 3.57. The first-order valence-corrected chi connectivity index (χ1v) is 6.22. The highest BCUT2D eigenvalue weighted by Crippen LogP contribution is 2.12. The number of aromatic nitrogens is 5. The SMILES string of the molecule is CCc1c(Cl)[nH]c(=O)n(C(C)c2nncn2C)c1=O. The molecule has 8 heteroatoms. The van der Waals surface area contributed by atoms with Crippen molar-refractivity contribution in [2.45, 2.75) is 26.3 Å². The largest absolute Gasteiger partial charge is 0.330 e.